The first kappa shape index (κ1) is 15.0. The summed E-state index contributed by atoms with van der Waals surface area (Å²) in [6.45, 7) is 0.525. The van der Waals surface area contributed by atoms with Gasteiger partial charge in [-0.05, 0) is 11.4 Å². The molecule has 0 unspecified atom stereocenters. The number of fused-ring (bicyclic) bond motifs is 1. The monoisotopic (exact) mass is 323 g/mol. The molecule has 0 aliphatic carbocycles. The van der Waals surface area contributed by atoms with E-state index in [2.05, 4.69) is 0 Å². The van der Waals surface area contributed by atoms with Crippen molar-refractivity contribution in [2.45, 2.75) is 12.1 Å². The lowest BCUT2D eigenvalue weighted by atomic mass is 10.0. The van der Waals surface area contributed by atoms with Crippen molar-refractivity contribution in [2.75, 3.05) is 33.3 Å². The molecule has 0 bridgehead atoms. The molecule has 22 heavy (non-hydrogen) atoms. The molecule has 1 N–H and O–H groups in total. The van der Waals surface area contributed by atoms with E-state index in [0.29, 0.717) is 18.0 Å². The minimum atomic E-state index is -0.816. The van der Waals surface area contributed by atoms with Gasteiger partial charge in [-0.2, -0.15) is 0 Å². The van der Waals surface area contributed by atoms with Crippen LogP contribution in [0.4, 0.5) is 0 Å². The number of likely N-dealkylation sites (N-methyl/N-ethyl adjacent to an activating group) is 1. The number of piperazine rings is 2. The Bertz CT molecular complexity index is 603. The summed E-state index contributed by atoms with van der Waals surface area (Å²) >= 11 is 1.36. The van der Waals surface area contributed by atoms with Crippen LogP contribution >= 0.6 is 11.3 Å². The van der Waals surface area contributed by atoms with Crippen LogP contribution in [0.3, 0.4) is 0 Å². The van der Waals surface area contributed by atoms with Gasteiger partial charge in [-0.15, -0.1) is 11.3 Å². The first-order chi connectivity index (χ1) is 10.5. The van der Waals surface area contributed by atoms with E-state index in [4.69, 9.17) is 0 Å². The van der Waals surface area contributed by atoms with Crippen LogP contribution in [0.5, 0.6) is 0 Å². The lowest BCUT2D eigenvalue weighted by Gasteiger charge is -2.47. The van der Waals surface area contributed by atoms with Crippen molar-refractivity contribution in [3.8, 4) is 0 Å². The molecule has 2 saturated heterocycles. The van der Waals surface area contributed by atoms with Gasteiger partial charge < -0.3 is 19.8 Å². The summed E-state index contributed by atoms with van der Waals surface area (Å²) in [5, 5.41) is 11.1. The van der Waals surface area contributed by atoms with Crippen LogP contribution < -0.4 is 0 Å². The minimum absolute atomic E-state index is 0.109. The quantitative estimate of drug-likeness (QED) is 0.775. The number of aliphatic hydroxyl groups is 1. The zero-order valence-electron chi connectivity index (χ0n) is 12.1. The third-order valence-electron chi connectivity index (χ3n) is 4.24. The van der Waals surface area contributed by atoms with Gasteiger partial charge in [-0.25, -0.2) is 0 Å². The molecule has 0 saturated carbocycles. The molecule has 1 aromatic heterocycles. The highest BCUT2D eigenvalue weighted by molar-refractivity contribution is 7.12. The predicted octanol–water partition coefficient (Wildman–Crippen LogP) is -0.766. The molecule has 3 heterocycles. The second kappa shape index (κ2) is 5.69. The standard InChI is InChI=1S/C14H17N3O4S/c1-15-10(8-18)13(20)17-5-4-16(7-9(17)12(15)19)14(21)11-3-2-6-22-11/h2-3,6,9-10,18H,4-5,7-8H2,1H3/t9-,10+/m1/s1. The summed E-state index contributed by atoms with van der Waals surface area (Å²) < 4.78 is 0. The van der Waals surface area contributed by atoms with E-state index in [-0.39, 0.29) is 30.9 Å². The van der Waals surface area contributed by atoms with Crippen LogP contribution in [-0.2, 0) is 9.59 Å². The molecule has 3 rings (SSSR count). The molecule has 7 nitrogen and oxygen atoms in total. The number of thiophene rings is 1. The third kappa shape index (κ3) is 2.28. The van der Waals surface area contributed by atoms with Crippen molar-refractivity contribution in [3.05, 3.63) is 22.4 Å². The Morgan fingerprint density at radius 3 is 2.77 bits per heavy atom. The Balaban J connectivity index is 1.79. The molecule has 1 aromatic rings. The normalized spacial score (nSPS) is 25.5. The maximum Gasteiger partial charge on any atom is 0.264 e. The van der Waals surface area contributed by atoms with Crippen molar-refractivity contribution in [1.29, 1.82) is 0 Å². The molecule has 0 spiro atoms. The number of carbonyl (C=O) groups excluding carboxylic acids is 3. The van der Waals surface area contributed by atoms with Crippen molar-refractivity contribution in [1.82, 2.24) is 14.7 Å². The van der Waals surface area contributed by atoms with E-state index in [1.54, 1.807) is 11.0 Å². The maximum absolute atomic E-state index is 12.4. The largest absolute Gasteiger partial charge is 0.394 e. The molecule has 0 aromatic carbocycles. The fourth-order valence-electron chi connectivity index (χ4n) is 2.94. The predicted molar refractivity (Wildman–Crippen MR) is 79.4 cm³/mol. The Kier molecular flexibility index (Phi) is 3.88. The van der Waals surface area contributed by atoms with Crippen molar-refractivity contribution < 1.29 is 19.5 Å². The Morgan fingerprint density at radius 1 is 1.36 bits per heavy atom. The van der Waals surface area contributed by atoms with E-state index >= 15 is 0 Å². The Hall–Kier alpha value is -1.93. The number of carbonyl (C=O) groups is 3. The van der Waals surface area contributed by atoms with Crippen LogP contribution in [0.2, 0.25) is 0 Å². The molecule has 0 radical (unpaired) electrons. The molecule has 3 amide bonds. The number of nitrogens with zero attached hydrogens (tertiary/aromatic N) is 3. The van der Waals surface area contributed by atoms with Gasteiger partial charge >= 0.3 is 0 Å². The van der Waals surface area contributed by atoms with Crippen LogP contribution in [0.15, 0.2) is 17.5 Å². The Labute approximate surface area is 131 Å². The van der Waals surface area contributed by atoms with Crippen LogP contribution in [0, 0.1) is 0 Å². The van der Waals surface area contributed by atoms with E-state index < -0.39 is 12.1 Å². The van der Waals surface area contributed by atoms with Gasteiger partial charge in [0.2, 0.25) is 11.8 Å². The van der Waals surface area contributed by atoms with E-state index in [0.717, 1.165) is 0 Å². The van der Waals surface area contributed by atoms with Gasteiger partial charge in [0, 0.05) is 20.1 Å². The fraction of sp³-hybridized carbons (Fsp3) is 0.500. The zero-order chi connectivity index (χ0) is 15.9. The fourth-order valence-corrected chi connectivity index (χ4v) is 3.64. The number of rotatable bonds is 2. The summed E-state index contributed by atoms with van der Waals surface area (Å²) in [6.07, 6.45) is 0. The lowest BCUT2D eigenvalue weighted by molar-refractivity contribution is -0.164. The number of aliphatic hydroxyl groups excluding tert-OH is 1. The highest BCUT2D eigenvalue weighted by Crippen LogP contribution is 2.22. The van der Waals surface area contributed by atoms with Gasteiger partial charge in [-0.3, -0.25) is 14.4 Å². The lowest BCUT2D eigenvalue weighted by Crippen LogP contribution is -2.70. The third-order valence-corrected chi connectivity index (χ3v) is 5.10. The smallest absolute Gasteiger partial charge is 0.264 e. The molecule has 2 atom stereocenters. The van der Waals surface area contributed by atoms with Crippen molar-refractivity contribution in [3.63, 3.8) is 0 Å². The summed E-state index contributed by atoms with van der Waals surface area (Å²) in [7, 11) is 1.51. The Morgan fingerprint density at radius 2 is 2.14 bits per heavy atom. The molecular weight excluding hydrogens is 306 g/mol. The molecule has 8 heteroatoms. The first-order valence-electron chi connectivity index (χ1n) is 7.05. The van der Waals surface area contributed by atoms with E-state index in [1.165, 1.54) is 28.2 Å². The summed E-state index contributed by atoms with van der Waals surface area (Å²) in [6, 6.07) is 2.09. The average Bonchev–Trinajstić information content (AvgIpc) is 3.06. The highest BCUT2D eigenvalue weighted by Gasteiger charge is 2.47. The SMILES string of the molecule is CN1C(=O)[C@H]2CN(C(=O)c3cccs3)CCN2C(=O)[C@@H]1CO. The summed E-state index contributed by atoms with van der Waals surface area (Å²) in [5.41, 5.74) is 0. The number of hydrogen-bond donors (Lipinski definition) is 1. The van der Waals surface area contributed by atoms with E-state index in [1.807, 2.05) is 11.4 Å². The average molecular weight is 323 g/mol. The number of amides is 3. The molecule has 118 valence electrons. The molecule has 2 aliphatic rings. The zero-order valence-corrected chi connectivity index (χ0v) is 13.0. The van der Waals surface area contributed by atoms with Gasteiger partial charge in [0.05, 0.1) is 18.0 Å². The van der Waals surface area contributed by atoms with Crippen LogP contribution in [0.1, 0.15) is 9.67 Å². The maximum atomic E-state index is 12.4. The van der Waals surface area contributed by atoms with Crippen molar-refractivity contribution in [2.24, 2.45) is 0 Å². The first-order valence-corrected chi connectivity index (χ1v) is 7.93. The van der Waals surface area contributed by atoms with Gasteiger partial charge in [0.1, 0.15) is 12.1 Å². The molecule has 2 aliphatic heterocycles. The molecular formula is C14H17N3O4S. The van der Waals surface area contributed by atoms with Gasteiger partial charge in [0.15, 0.2) is 0 Å². The topological polar surface area (TPSA) is 81.2 Å². The van der Waals surface area contributed by atoms with Crippen LogP contribution in [0.25, 0.3) is 0 Å². The van der Waals surface area contributed by atoms with Crippen LogP contribution in [-0.4, -0.2) is 82.9 Å². The van der Waals surface area contributed by atoms with Gasteiger partial charge in [0.25, 0.3) is 5.91 Å². The van der Waals surface area contributed by atoms with E-state index in [9.17, 15) is 19.5 Å². The summed E-state index contributed by atoms with van der Waals surface area (Å²) in [5.74, 6) is -0.595. The highest BCUT2D eigenvalue weighted by atomic mass is 32.1. The van der Waals surface area contributed by atoms with Gasteiger partial charge in [-0.1, -0.05) is 6.07 Å². The number of hydrogen-bond acceptors (Lipinski definition) is 5. The summed E-state index contributed by atoms with van der Waals surface area (Å²) in [4.78, 5) is 42.1. The second-order valence-corrected chi connectivity index (χ2v) is 6.37. The molecule has 2 fully saturated rings. The van der Waals surface area contributed by atoms with Crippen molar-refractivity contribution >= 4 is 29.1 Å². The second-order valence-electron chi connectivity index (χ2n) is 5.42. The minimum Gasteiger partial charge on any atom is -0.394 e.